The molecule has 19 rings (SSSR count). The van der Waals surface area contributed by atoms with E-state index >= 15 is 0 Å². The number of rotatable bonds is 6. The van der Waals surface area contributed by atoms with Crippen LogP contribution < -0.4 is 9.80 Å². The quantitative estimate of drug-likeness (QED) is 0.153. The van der Waals surface area contributed by atoms with Crippen LogP contribution in [-0.4, -0.2) is 0 Å². The van der Waals surface area contributed by atoms with Crippen molar-refractivity contribution in [3.05, 3.63) is 279 Å². The lowest BCUT2D eigenvalue weighted by Crippen LogP contribution is -2.14. The van der Waals surface area contributed by atoms with Gasteiger partial charge in [0.25, 0.3) is 0 Å². The van der Waals surface area contributed by atoms with Crippen LogP contribution in [0.3, 0.4) is 0 Å². The van der Waals surface area contributed by atoms with Gasteiger partial charge in [-0.3, -0.25) is 0 Å². The third-order valence-corrected chi connectivity index (χ3v) is 22.4. The van der Waals surface area contributed by atoms with Gasteiger partial charge in [0.2, 0.25) is 0 Å². The molecule has 0 aliphatic carbocycles. The summed E-state index contributed by atoms with van der Waals surface area (Å²) in [6.07, 6.45) is 0. The molecule has 0 saturated carbocycles. The zero-order valence-corrected chi connectivity index (χ0v) is 49.4. The zero-order chi connectivity index (χ0) is 56.1. The van der Waals surface area contributed by atoms with Gasteiger partial charge in [-0.15, -0.1) is 34.0 Å². The fraction of sp³-hybridized carbons (Fsp3) is 0. The van der Waals surface area contributed by atoms with Gasteiger partial charge in [-0.05, 0) is 198 Å². The molecule has 0 fully saturated rings. The normalized spacial score (nSPS) is 12.6. The molecule has 1 aliphatic rings. The molecule has 0 atom stereocenters. The first-order valence-corrected chi connectivity index (χ1v) is 32.4. The van der Waals surface area contributed by atoms with Crippen molar-refractivity contribution in [1.82, 2.24) is 0 Å². The Kier molecular flexibility index (Phi) is 10.6. The summed E-state index contributed by atoms with van der Waals surface area (Å²) >= 11 is 7.54. The maximum atomic E-state index is 2.55. The summed E-state index contributed by atoms with van der Waals surface area (Å²) in [5.41, 5.74) is 11.7. The number of hydrogen-bond acceptors (Lipinski definition) is 6. The minimum atomic E-state index is 1.10. The number of fused-ring (bicyclic) bond motifs is 16. The third-order valence-electron chi connectivity index (χ3n) is 17.9. The summed E-state index contributed by atoms with van der Waals surface area (Å²) in [5, 5.41) is 20.1. The summed E-state index contributed by atoms with van der Waals surface area (Å²) in [5.74, 6) is 0. The van der Waals surface area contributed by atoms with Crippen LogP contribution in [0.4, 0.5) is 34.1 Å². The first-order chi connectivity index (χ1) is 42.6. The Morgan fingerprint density at radius 3 is 1.53 bits per heavy atom. The van der Waals surface area contributed by atoms with Crippen molar-refractivity contribution in [2.75, 3.05) is 9.80 Å². The molecule has 400 valence electrons. The van der Waals surface area contributed by atoms with Gasteiger partial charge in [0.1, 0.15) is 0 Å². The Labute approximate surface area is 511 Å². The lowest BCUT2D eigenvalue weighted by atomic mass is 9.84. The summed E-state index contributed by atoms with van der Waals surface area (Å²) in [6.45, 7) is 0. The fourth-order valence-electron chi connectivity index (χ4n) is 14.0. The SMILES string of the molecule is c1ccc(N(c2ccc3c(-c4ccc5sc6ccccc6c5c4)c4cc(N5c6ccccc6Sc6cc7c(cc65)sc5cc6cc8ccccc8cc6cc57)ccc4c(-c4ccc5sc6ccccc6c5c4)c3c2)c2cccc3ccccc23)cc1. The van der Waals surface area contributed by atoms with Crippen LogP contribution in [0, 0.1) is 0 Å². The molecule has 0 unspecified atom stereocenters. The third kappa shape index (κ3) is 7.44. The lowest BCUT2D eigenvalue weighted by Gasteiger charge is -2.33. The Balaban J connectivity index is 0.903. The molecule has 0 saturated heterocycles. The largest absolute Gasteiger partial charge is 0.310 e. The second kappa shape index (κ2) is 18.9. The maximum Gasteiger partial charge on any atom is 0.0616 e. The average molecular weight is 1160 g/mol. The van der Waals surface area contributed by atoms with Crippen LogP contribution in [0.25, 0.3) is 137 Å². The Hall–Kier alpha value is -9.79. The first kappa shape index (κ1) is 48.6. The highest BCUT2D eigenvalue weighted by atomic mass is 32.2. The molecule has 2 nitrogen and oxygen atoms in total. The monoisotopic (exact) mass is 1160 g/mol. The van der Waals surface area contributed by atoms with E-state index < -0.39 is 0 Å². The Morgan fingerprint density at radius 2 is 0.802 bits per heavy atom. The van der Waals surface area contributed by atoms with Crippen molar-refractivity contribution in [2.45, 2.75) is 9.79 Å². The van der Waals surface area contributed by atoms with Crippen LogP contribution in [0.2, 0.25) is 0 Å². The van der Waals surface area contributed by atoms with Crippen LogP contribution in [-0.2, 0) is 0 Å². The van der Waals surface area contributed by atoms with Gasteiger partial charge in [-0.25, -0.2) is 0 Å². The highest BCUT2D eigenvalue weighted by Gasteiger charge is 2.29. The molecule has 15 aromatic carbocycles. The molecule has 3 aromatic heterocycles. The number of para-hydroxylation sites is 2. The predicted molar refractivity (Wildman–Crippen MR) is 377 cm³/mol. The molecule has 6 heteroatoms. The van der Waals surface area contributed by atoms with Crippen LogP contribution in [0.5, 0.6) is 0 Å². The van der Waals surface area contributed by atoms with Crippen molar-refractivity contribution in [2.24, 2.45) is 0 Å². The van der Waals surface area contributed by atoms with E-state index in [1.165, 1.54) is 158 Å². The minimum absolute atomic E-state index is 1.10. The predicted octanol–water partition coefficient (Wildman–Crippen LogP) is 25.3. The molecule has 86 heavy (non-hydrogen) atoms. The first-order valence-electron chi connectivity index (χ1n) is 29.2. The van der Waals surface area contributed by atoms with E-state index in [0.717, 1.165) is 22.7 Å². The molecule has 0 radical (unpaired) electrons. The van der Waals surface area contributed by atoms with Gasteiger partial charge in [-0.1, -0.05) is 163 Å². The zero-order valence-electron chi connectivity index (χ0n) is 46.1. The van der Waals surface area contributed by atoms with Crippen molar-refractivity contribution in [3.8, 4) is 22.3 Å². The molecular formula is C80H46N2S4. The molecule has 1 aliphatic heterocycles. The van der Waals surface area contributed by atoms with Gasteiger partial charge >= 0.3 is 0 Å². The number of thiophene rings is 3. The van der Waals surface area contributed by atoms with Crippen molar-refractivity contribution < 1.29 is 0 Å². The number of anilines is 6. The van der Waals surface area contributed by atoms with E-state index in [2.05, 4.69) is 289 Å². The van der Waals surface area contributed by atoms with E-state index in [4.69, 9.17) is 0 Å². The van der Waals surface area contributed by atoms with E-state index in [-0.39, 0.29) is 0 Å². The van der Waals surface area contributed by atoms with Crippen LogP contribution in [0.15, 0.2) is 289 Å². The molecule has 0 amide bonds. The Bertz CT molecular complexity index is 5910. The molecule has 0 bridgehead atoms. The van der Waals surface area contributed by atoms with Gasteiger partial charge < -0.3 is 9.80 Å². The standard InChI is InChI=1S/C80H46N2S4/c1-2-19-54(20-3-1)81(68-25-14-18-47-15-6-7-21-57(47)68)55-31-33-60-66(43-55)79(50-29-35-73-62(39-50)58-22-8-11-26-71(58)83-73)61-34-32-56(44-67(61)80(60)51-30-36-74-63(40-51)59-23-9-12-27-72(59)84-74)82-69-24-10-13-28-75(69)85-78-45-65-64-41-52-37-48-16-4-5-17-49(48)38-53(52)42-76(64)86-77(65)46-70(78)82/h1-46H. The number of hydrogen-bond donors (Lipinski definition) is 0. The summed E-state index contributed by atoms with van der Waals surface area (Å²) in [7, 11) is 0. The molecular weight excluding hydrogens is 1120 g/mol. The van der Waals surface area contributed by atoms with Crippen LogP contribution in [0.1, 0.15) is 0 Å². The Morgan fingerprint density at radius 1 is 0.256 bits per heavy atom. The second-order valence-corrected chi connectivity index (χ2v) is 27.1. The van der Waals surface area contributed by atoms with E-state index in [1.807, 2.05) is 45.8 Å². The highest BCUT2D eigenvalue weighted by Crippen LogP contribution is 2.56. The van der Waals surface area contributed by atoms with Crippen molar-refractivity contribution in [3.63, 3.8) is 0 Å². The summed E-state index contributed by atoms with van der Waals surface area (Å²) < 4.78 is 7.79. The number of benzene rings is 15. The average Bonchev–Trinajstić information content (AvgIpc) is 1.59. The summed E-state index contributed by atoms with van der Waals surface area (Å²) in [4.78, 5) is 7.49. The number of nitrogens with zero attached hydrogens (tertiary/aromatic N) is 2. The second-order valence-electron chi connectivity index (χ2n) is 22.7. The van der Waals surface area contributed by atoms with E-state index in [1.54, 1.807) is 0 Å². The van der Waals surface area contributed by atoms with Crippen LogP contribution >= 0.6 is 45.8 Å². The summed E-state index contributed by atoms with van der Waals surface area (Å²) in [6, 6.07) is 105. The van der Waals surface area contributed by atoms with E-state index in [9.17, 15) is 0 Å². The molecule has 0 spiro atoms. The van der Waals surface area contributed by atoms with Gasteiger partial charge in [0.15, 0.2) is 0 Å². The lowest BCUT2D eigenvalue weighted by molar-refractivity contribution is 1.18. The topological polar surface area (TPSA) is 6.48 Å². The van der Waals surface area contributed by atoms with E-state index in [0.29, 0.717) is 0 Å². The van der Waals surface area contributed by atoms with Gasteiger partial charge in [0.05, 0.1) is 17.1 Å². The van der Waals surface area contributed by atoms with Gasteiger partial charge in [0, 0.05) is 92.8 Å². The van der Waals surface area contributed by atoms with Crippen molar-refractivity contribution in [1.29, 1.82) is 0 Å². The maximum absolute atomic E-state index is 2.55. The highest BCUT2D eigenvalue weighted by molar-refractivity contribution is 7.99. The molecule has 18 aromatic rings. The van der Waals surface area contributed by atoms with Crippen molar-refractivity contribution >= 4 is 194 Å². The fourth-order valence-corrected chi connectivity index (χ4v) is 18.4. The minimum Gasteiger partial charge on any atom is -0.310 e. The van der Waals surface area contributed by atoms with Gasteiger partial charge in [-0.2, -0.15) is 0 Å². The molecule has 4 heterocycles. The molecule has 0 N–H and O–H groups in total. The smallest absolute Gasteiger partial charge is 0.0616 e.